The molecule has 1 aromatic heterocycles. The Bertz CT molecular complexity index is 822. The number of anilines is 3. The minimum absolute atomic E-state index is 0.260. The molecule has 5 nitrogen and oxygen atoms in total. The van der Waals surface area contributed by atoms with Gasteiger partial charge in [0.25, 0.3) is 0 Å². The third kappa shape index (κ3) is 3.84. The molecule has 0 saturated heterocycles. The molecular formula is C18H18FN5. The molecule has 2 N–H and O–H groups in total. The molecule has 2 aromatic carbocycles. The quantitative estimate of drug-likeness (QED) is 0.720. The summed E-state index contributed by atoms with van der Waals surface area (Å²) in [4.78, 5) is 4.37. The van der Waals surface area contributed by atoms with Crippen LogP contribution in [0.5, 0.6) is 0 Å². The largest absolute Gasteiger partial charge is 0.349 e. The normalized spacial score (nSPS) is 10.4. The lowest BCUT2D eigenvalue weighted by Gasteiger charge is -2.11. The highest BCUT2D eigenvalue weighted by atomic mass is 19.1. The van der Waals surface area contributed by atoms with Crippen LogP contribution < -0.4 is 10.6 Å². The van der Waals surface area contributed by atoms with Crippen LogP contribution in [0.3, 0.4) is 0 Å². The first kappa shape index (κ1) is 15.9. The predicted octanol–water partition coefficient (Wildman–Crippen LogP) is 3.93. The Kier molecular flexibility index (Phi) is 4.96. The summed E-state index contributed by atoms with van der Waals surface area (Å²) in [5.41, 5.74) is 2.73. The van der Waals surface area contributed by atoms with Crippen LogP contribution in [-0.2, 0) is 13.0 Å². The van der Waals surface area contributed by atoms with Crippen LogP contribution in [0.25, 0.3) is 0 Å². The Hall–Kier alpha value is -3.02. The van der Waals surface area contributed by atoms with E-state index >= 15 is 0 Å². The Labute approximate surface area is 140 Å². The first-order valence-electron chi connectivity index (χ1n) is 7.78. The monoisotopic (exact) mass is 323 g/mol. The van der Waals surface area contributed by atoms with E-state index in [9.17, 15) is 4.39 Å². The summed E-state index contributed by atoms with van der Waals surface area (Å²) in [5, 5.41) is 14.1. The predicted molar refractivity (Wildman–Crippen MR) is 92.7 cm³/mol. The van der Waals surface area contributed by atoms with Gasteiger partial charge in [-0.15, -0.1) is 5.10 Å². The summed E-state index contributed by atoms with van der Waals surface area (Å²) in [6.07, 6.45) is 2.47. The lowest BCUT2D eigenvalue weighted by Crippen LogP contribution is -2.07. The molecule has 1 heterocycles. The van der Waals surface area contributed by atoms with Crippen molar-refractivity contribution in [1.82, 2.24) is 15.2 Å². The summed E-state index contributed by atoms with van der Waals surface area (Å²) in [6, 6.07) is 14.6. The Morgan fingerprint density at radius 3 is 2.54 bits per heavy atom. The zero-order valence-corrected chi connectivity index (χ0v) is 13.3. The van der Waals surface area contributed by atoms with E-state index in [2.05, 4.69) is 38.8 Å². The third-order valence-electron chi connectivity index (χ3n) is 3.61. The molecule has 3 rings (SSSR count). The zero-order chi connectivity index (χ0) is 16.8. The van der Waals surface area contributed by atoms with E-state index in [1.54, 1.807) is 24.4 Å². The SMILES string of the molecule is CCc1ccccc1Nc1cnnc(NCc2ccccc2F)n1. The van der Waals surface area contributed by atoms with Crippen LogP contribution in [0.2, 0.25) is 0 Å². The van der Waals surface area contributed by atoms with Gasteiger partial charge in [-0.1, -0.05) is 43.3 Å². The van der Waals surface area contributed by atoms with Crippen LogP contribution >= 0.6 is 0 Å². The number of nitrogens with zero attached hydrogens (tertiary/aromatic N) is 3. The minimum Gasteiger partial charge on any atom is -0.349 e. The molecular weight excluding hydrogens is 305 g/mol. The number of benzene rings is 2. The third-order valence-corrected chi connectivity index (χ3v) is 3.61. The number of aromatic nitrogens is 3. The van der Waals surface area contributed by atoms with Crippen molar-refractivity contribution in [2.75, 3.05) is 10.6 Å². The fourth-order valence-corrected chi connectivity index (χ4v) is 2.34. The zero-order valence-electron chi connectivity index (χ0n) is 13.3. The van der Waals surface area contributed by atoms with Crippen LogP contribution in [0.4, 0.5) is 21.8 Å². The second kappa shape index (κ2) is 7.50. The smallest absolute Gasteiger partial charge is 0.244 e. The fraction of sp³-hybridized carbons (Fsp3) is 0.167. The average Bonchev–Trinajstić information content (AvgIpc) is 2.62. The maximum absolute atomic E-state index is 13.6. The summed E-state index contributed by atoms with van der Waals surface area (Å²) < 4.78 is 13.6. The molecule has 0 amide bonds. The molecule has 0 fully saturated rings. The summed E-state index contributed by atoms with van der Waals surface area (Å²) in [7, 11) is 0. The highest BCUT2D eigenvalue weighted by Crippen LogP contribution is 2.20. The van der Waals surface area contributed by atoms with Crippen LogP contribution in [0.15, 0.2) is 54.7 Å². The molecule has 6 heteroatoms. The van der Waals surface area contributed by atoms with E-state index in [0.717, 1.165) is 12.1 Å². The van der Waals surface area contributed by atoms with E-state index < -0.39 is 0 Å². The topological polar surface area (TPSA) is 62.7 Å². The van der Waals surface area contributed by atoms with Gasteiger partial charge >= 0.3 is 0 Å². The number of rotatable bonds is 6. The molecule has 0 saturated carbocycles. The molecule has 0 aliphatic carbocycles. The number of aryl methyl sites for hydroxylation is 1. The highest BCUT2D eigenvalue weighted by Gasteiger charge is 2.05. The van der Waals surface area contributed by atoms with E-state index in [1.807, 2.05) is 18.2 Å². The standard InChI is InChI=1S/C18H18FN5/c1-2-13-7-4-6-10-16(13)22-17-12-21-24-18(23-17)20-11-14-8-3-5-9-15(14)19/h3-10,12H,2,11H2,1H3,(H2,20,22,23,24). The number of hydrogen-bond acceptors (Lipinski definition) is 5. The molecule has 0 unspecified atom stereocenters. The lowest BCUT2D eigenvalue weighted by atomic mass is 10.1. The second-order valence-electron chi connectivity index (χ2n) is 5.25. The van der Waals surface area contributed by atoms with Gasteiger partial charge in [-0.05, 0) is 24.1 Å². The molecule has 0 radical (unpaired) electrons. The minimum atomic E-state index is -0.260. The summed E-state index contributed by atoms with van der Waals surface area (Å²) in [5.74, 6) is 0.670. The van der Waals surface area contributed by atoms with E-state index in [0.29, 0.717) is 23.9 Å². The maximum atomic E-state index is 13.6. The number of halogens is 1. The first-order chi connectivity index (χ1) is 11.8. The van der Waals surface area contributed by atoms with Gasteiger partial charge in [-0.2, -0.15) is 10.1 Å². The van der Waals surface area contributed by atoms with Crippen molar-refractivity contribution >= 4 is 17.5 Å². The van der Waals surface area contributed by atoms with Crippen molar-refractivity contribution in [3.05, 3.63) is 71.7 Å². The number of para-hydroxylation sites is 1. The summed E-state index contributed by atoms with van der Waals surface area (Å²) >= 11 is 0. The Morgan fingerprint density at radius 2 is 1.75 bits per heavy atom. The Morgan fingerprint density at radius 1 is 1.00 bits per heavy atom. The van der Waals surface area contributed by atoms with Crippen molar-refractivity contribution < 1.29 is 4.39 Å². The maximum Gasteiger partial charge on any atom is 0.244 e. The lowest BCUT2D eigenvalue weighted by molar-refractivity contribution is 0.612. The van der Waals surface area contributed by atoms with Crippen LogP contribution in [0.1, 0.15) is 18.1 Å². The van der Waals surface area contributed by atoms with Crippen LogP contribution in [0, 0.1) is 5.82 Å². The van der Waals surface area contributed by atoms with Crippen molar-refractivity contribution in [3.8, 4) is 0 Å². The van der Waals surface area contributed by atoms with Crippen LogP contribution in [-0.4, -0.2) is 15.2 Å². The molecule has 0 aliphatic rings. The van der Waals surface area contributed by atoms with Gasteiger partial charge in [-0.3, -0.25) is 0 Å². The van der Waals surface area contributed by atoms with Crippen molar-refractivity contribution in [1.29, 1.82) is 0 Å². The van der Waals surface area contributed by atoms with Crippen molar-refractivity contribution in [2.45, 2.75) is 19.9 Å². The van der Waals surface area contributed by atoms with E-state index in [4.69, 9.17) is 0 Å². The Balaban J connectivity index is 1.71. The number of nitrogens with one attached hydrogen (secondary N) is 2. The fourth-order valence-electron chi connectivity index (χ4n) is 2.34. The van der Waals surface area contributed by atoms with Gasteiger partial charge in [-0.25, -0.2) is 4.39 Å². The first-order valence-corrected chi connectivity index (χ1v) is 7.78. The summed E-state index contributed by atoms with van der Waals surface area (Å²) in [6.45, 7) is 2.39. The second-order valence-corrected chi connectivity index (χ2v) is 5.25. The van der Waals surface area contributed by atoms with Gasteiger partial charge in [0.05, 0.1) is 6.20 Å². The molecule has 3 aromatic rings. The van der Waals surface area contributed by atoms with Gasteiger partial charge in [0.15, 0.2) is 5.82 Å². The molecule has 0 spiro atoms. The van der Waals surface area contributed by atoms with Gasteiger partial charge < -0.3 is 10.6 Å². The highest BCUT2D eigenvalue weighted by molar-refractivity contribution is 5.60. The molecule has 0 bridgehead atoms. The molecule has 122 valence electrons. The molecule has 0 aliphatic heterocycles. The molecule has 24 heavy (non-hydrogen) atoms. The van der Waals surface area contributed by atoms with Gasteiger partial charge in [0.2, 0.25) is 5.95 Å². The van der Waals surface area contributed by atoms with Gasteiger partial charge in [0.1, 0.15) is 5.82 Å². The molecule has 0 atom stereocenters. The number of hydrogen-bond donors (Lipinski definition) is 2. The average molecular weight is 323 g/mol. The van der Waals surface area contributed by atoms with Gasteiger partial charge in [0, 0.05) is 17.8 Å². The van der Waals surface area contributed by atoms with E-state index in [1.165, 1.54) is 11.6 Å². The van der Waals surface area contributed by atoms with Crippen molar-refractivity contribution in [2.24, 2.45) is 0 Å². The van der Waals surface area contributed by atoms with Crippen molar-refractivity contribution in [3.63, 3.8) is 0 Å². The van der Waals surface area contributed by atoms with E-state index in [-0.39, 0.29) is 5.82 Å².